The molecule has 0 saturated heterocycles. The fourth-order valence-corrected chi connectivity index (χ4v) is 1.36. The van der Waals surface area contributed by atoms with Gasteiger partial charge in [-0.3, -0.25) is 0 Å². The molecule has 1 N–H and O–H groups in total. The summed E-state index contributed by atoms with van der Waals surface area (Å²) in [5, 5.41) is 10.1. The third-order valence-electron chi connectivity index (χ3n) is 1.39. The van der Waals surface area contributed by atoms with E-state index < -0.39 is 4.51 Å². The fraction of sp³-hybridized carbons (Fsp3) is 0.250. The van der Waals surface area contributed by atoms with Crippen molar-refractivity contribution in [2.24, 2.45) is 0 Å². The Labute approximate surface area is 82.7 Å². The minimum atomic E-state index is -0.936. The Morgan fingerprint density at radius 2 is 1.82 bits per heavy atom. The maximum atomic E-state index is 9.66. The van der Waals surface area contributed by atoms with E-state index in [0.29, 0.717) is 5.33 Å². The van der Waals surface area contributed by atoms with E-state index >= 15 is 0 Å². The van der Waals surface area contributed by atoms with E-state index in [9.17, 15) is 5.11 Å². The quantitative estimate of drug-likeness (QED) is 0.826. The molecule has 1 aromatic carbocycles. The molecule has 0 amide bonds. The number of benzene rings is 1. The lowest BCUT2D eigenvalue weighted by Crippen LogP contribution is -2.18. The molecule has 0 aromatic heterocycles. The minimum Gasteiger partial charge on any atom is -0.374 e. The van der Waals surface area contributed by atoms with E-state index in [-0.39, 0.29) is 0 Å². The first-order valence-electron chi connectivity index (χ1n) is 3.19. The third-order valence-corrected chi connectivity index (χ3v) is 3.70. The van der Waals surface area contributed by atoms with Gasteiger partial charge >= 0.3 is 0 Å². The summed E-state index contributed by atoms with van der Waals surface area (Å²) in [4.78, 5) is 0. The third kappa shape index (κ3) is 2.29. The second-order valence-electron chi connectivity index (χ2n) is 2.26. The summed E-state index contributed by atoms with van der Waals surface area (Å²) in [5.74, 6) is 0. The number of halogens is 2. The second kappa shape index (κ2) is 3.70. The van der Waals surface area contributed by atoms with Crippen LogP contribution in [0.2, 0.25) is 0 Å². The molecule has 0 aliphatic carbocycles. The SMILES string of the molecule is OC(Br)(CBr)c1ccccc1. The predicted molar refractivity (Wildman–Crippen MR) is 53.1 cm³/mol. The van der Waals surface area contributed by atoms with Gasteiger partial charge in [-0.2, -0.15) is 0 Å². The van der Waals surface area contributed by atoms with Crippen molar-refractivity contribution in [2.45, 2.75) is 4.51 Å². The Bertz CT molecular complexity index is 221. The lowest BCUT2D eigenvalue weighted by Gasteiger charge is -2.17. The molecule has 0 aliphatic rings. The average molecular weight is 280 g/mol. The highest BCUT2D eigenvalue weighted by atomic mass is 79.9. The van der Waals surface area contributed by atoms with Crippen LogP contribution in [0.4, 0.5) is 0 Å². The first-order valence-corrected chi connectivity index (χ1v) is 5.11. The van der Waals surface area contributed by atoms with Crippen LogP contribution in [0.1, 0.15) is 5.56 Å². The van der Waals surface area contributed by atoms with Crippen molar-refractivity contribution in [1.82, 2.24) is 0 Å². The molecule has 0 spiro atoms. The summed E-state index contributed by atoms with van der Waals surface area (Å²) in [6, 6.07) is 9.45. The van der Waals surface area contributed by atoms with E-state index in [2.05, 4.69) is 31.9 Å². The van der Waals surface area contributed by atoms with Crippen LogP contribution in [0.25, 0.3) is 0 Å². The zero-order valence-corrected chi connectivity index (χ0v) is 8.97. The van der Waals surface area contributed by atoms with E-state index in [4.69, 9.17) is 0 Å². The fourth-order valence-electron chi connectivity index (χ4n) is 0.771. The van der Waals surface area contributed by atoms with Crippen LogP contribution in [0, 0.1) is 0 Å². The second-order valence-corrected chi connectivity index (χ2v) is 4.13. The first-order chi connectivity index (χ1) is 5.17. The van der Waals surface area contributed by atoms with E-state index in [1.54, 1.807) is 0 Å². The topological polar surface area (TPSA) is 20.2 Å². The van der Waals surface area contributed by atoms with Gasteiger partial charge in [0.05, 0.1) is 0 Å². The maximum Gasteiger partial charge on any atom is 0.154 e. The zero-order chi connectivity index (χ0) is 8.32. The normalized spacial score (nSPS) is 15.9. The van der Waals surface area contributed by atoms with Crippen LogP contribution in [0.15, 0.2) is 30.3 Å². The number of rotatable bonds is 2. The van der Waals surface area contributed by atoms with Crippen LogP contribution in [-0.4, -0.2) is 10.4 Å². The Hall–Kier alpha value is 0.140. The van der Waals surface area contributed by atoms with Crippen molar-refractivity contribution in [3.05, 3.63) is 35.9 Å². The molecular formula is C8H8Br2O. The van der Waals surface area contributed by atoms with Gasteiger partial charge in [0.25, 0.3) is 0 Å². The molecule has 11 heavy (non-hydrogen) atoms. The summed E-state index contributed by atoms with van der Waals surface area (Å²) in [6.45, 7) is 0. The van der Waals surface area contributed by atoms with Crippen LogP contribution in [0.5, 0.6) is 0 Å². The van der Waals surface area contributed by atoms with Gasteiger partial charge in [-0.15, -0.1) is 0 Å². The Morgan fingerprint density at radius 1 is 1.27 bits per heavy atom. The highest BCUT2D eigenvalue weighted by Gasteiger charge is 2.22. The van der Waals surface area contributed by atoms with Gasteiger partial charge in [0.15, 0.2) is 4.51 Å². The van der Waals surface area contributed by atoms with Gasteiger partial charge in [-0.05, 0) is 21.5 Å². The molecule has 0 radical (unpaired) electrons. The highest BCUT2D eigenvalue weighted by molar-refractivity contribution is 9.12. The highest BCUT2D eigenvalue weighted by Crippen LogP contribution is 2.29. The standard InChI is InChI=1S/C8H8Br2O/c9-6-8(10,11)7-4-2-1-3-5-7/h1-5,11H,6H2. The lowest BCUT2D eigenvalue weighted by atomic mass is 10.1. The molecule has 0 aliphatic heterocycles. The summed E-state index contributed by atoms with van der Waals surface area (Å²) in [5.41, 5.74) is 0.858. The van der Waals surface area contributed by atoms with E-state index in [1.165, 1.54) is 0 Å². The van der Waals surface area contributed by atoms with Crippen molar-refractivity contribution < 1.29 is 5.11 Å². The van der Waals surface area contributed by atoms with Crippen molar-refractivity contribution in [2.75, 3.05) is 5.33 Å². The number of alkyl halides is 2. The lowest BCUT2D eigenvalue weighted by molar-refractivity contribution is 0.174. The molecule has 0 bridgehead atoms. The summed E-state index contributed by atoms with van der Waals surface area (Å²) in [7, 11) is 0. The molecular weight excluding hydrogens is 272 g/mol. The monoisotopic (exact) mass is 278 g/mol. The maximum absolute atomic E-state index is 9.66. The zero-order valence-electron chi connectivity index (χ0n) is 5.80. The Kier molecular flexibility index (Phi) is 3.10. The van der Waals surface area contributed by atoms with E-state index in [1.807, 2.05) is 30.3 Å². The average Bonchev–Trinajstić information content (AvgIpc) is 2.06. The van der Waals surface area contributed by atoms with Gasteiger partial charge < -0.3 is 5.11 Å². The summed E-state index contributed by atoms with van der Waals surface area (Å²) >= 11 is 6.41. The van der Waals surface area contributed by atoms with Crippen LogP contribution < -0.4 is 0 Å². The Morgan fingerprint density at radius 3 is 2.27 bits per heavy atom. The van der Waals surface area contributed by atoms with Crippen LogP contribution in [-0.2, 0) is 4.51 Å². The molecule has 1 unspecified atom stereocenters. The molecule has 0 saturated carbocycles. The van der Waals surface area contributed by atoms with Crippen LogP contribution in [0.3, 0.4) is 0 Å². The molecule has 60 valence electrons. The largest absolute Gasteiger partial charge is 0.374 e. The number of aliphatic hydroxyl groups is 1. The molecule has 1 atom stereocenters. The molecule has 1 aromatic rings. The van der Waals surface area contributed by atoms with Gasteiger partial charge in [0.1, 0.15) is 0 Å². The van der Waals surface area contributed by atoms with Gasteiger partial charge in [-0.1, -0.05) is 46.3 Å². The molecule has 0 fully saturated rings. The molecule has 3 heteroatoms. The van der Waals surface area contributed by atoms with Crippen molar-refractivity contribution in [3.8, 4) is 0 Å². The van der Waals surface area contributed by atoms with Crippen molar-refractivity contribution >= 4 is 31.9 Å². The Balaban J connectivity index is 2.93. The van der Waals surface area contributed by atoms with E-state index in [0.717, 1.165) is 5.56 Å². The number of hydrogen-bond acceptors (Lipinski definition) is 1. The predicted octanol–water partition coefficient (Wildman–Crippen LogP) is 2.62. The van der Waals surface area contributed by atoms with Gasteiger partial charge in [0.2, 0.25) is 0 Å². The van der Waals surface area contributed by atoms with Crippen molar-refractivity contribution in [3.63, 3.8) is 0 Å². The van der Waals surface area contributed by atoms with Crippen molar-refractivity contribution in [1.29, 1.82) is 0 Å². The first kappa shape index (κ1) is 9.23. The summed E-state index contributed by atoms with van der Waals surface area (Å²) in [6.07, 6.45) is 0. The smallest absolute Gasteiger partial charge is 0.154 e. The van der Waals surface area contributed by atoms with Gasteiger partial charge in [0, 0.05) is 5.33 Å². The molecule has 0 heterocycles. The minimum absolute atomic E-state index is 0.476. The molecule has 1 rings (SSSR count). The summed E-state index contributed by atoms with van der Waals surface area (Å²) < 4.78 is -0.936. The number of hydrogen-bond donors (Lipinski definition) is 1. The van der Waals surface area contributed by atoms with Crippen LogP contribution >= 0.6 is 31.9 Å². The molecule has 1 nitrogen and oxygen atoms in total. The van der Waals surface area contributed by atoms with Gasteiger partial charge in [-0.25, -0.2) is 0 Å².